The second kappa shape index (κ2) is 5.35. The predicted octanol–water partition coefficient (Wildman–Crippen LogP) is 2.56. The van der Waals surface area contributed by atoms with Crippen LogP contribution in [0.2, 0.25) is 0 Å². The number of hydrogen-bond donors (Lipinski definition) is 0. The van der Waals surface area contributed by atoms with Crippen molar-refractivity contribution in [2.24, 2.45) is 0 Å². The molecule has 0 unspecified atom stereocenters. The van der Waals surface area contributed by atoms with Gasteiger partial charge in [-0.25, -0.2) is 8.42 Å². The molecule has 0 saturated carbocycles. The molecule has 0 spiro atoms. The predicted molar refractivity (Wildman–Crippen MR) is 82.3 cm³/mol. The molecule has 0 aromatic heterocycles. The van der Waals surface area contributed by atoms with Crippen molar-refractivity contribution < 1.29 is 18.0 Å². The number of benzene rings is 2. The maximum absolute atomic E-state index is 12.5. The molecule has 5 heteroatoms. The number of fused-ring (bicyclic) bond motifs is 1. The first-order valence-corrected chi connectivity index (χ1v) is 8.31. The molecule has 4 nitrogen and oxygen atoms in total. The van der Waals surface area contributed by atoms with Crippen molar-refractivity contribution in [2.45, 2.75) is 5.75 Å². The van der Waals surface area contributed by atoms with E-state index in [1.54, 1.807) is 42.5 Å². The maximum atomic E-state index is 12.5. The van der Waals surface area contributed by atoms with E-state index in [9.17, 15) is 18.0 Å². The van der Waals surface area contributed by atoms with Gasteiger partial charge in [-0.15, -0.1) is 0 Å². The summed E-state index contributed by atoms with van der Waals surface area (Å²) >= 11 is 0. The Kier molecular flexibility index (Phi) is 3.50. The van der Waals surface area contributed by atoms with E-state index in [-0.39, 0.29) is 16.9 Å². The lowest BCUT2D eigenvalue weighted by molar-refractivity contribution is 0.0990. The molecule has 110 valence electrons. The summed E-state index contributed by atoms with van der Waals surface area (Å²) in [4.78, 5) is 24.0. The zero-order valence-electron chi connectivity index (χ0n) is 11.5. The number of sulfone groups is 1. The first-order chi connectivity index (χ1) is 10.5. The van der Waals surface area contributed by atoms with Crippen molar-refractivity contribution in [1.82, 2.24) is 0 Å². The number of ketones is 2. The van der Waals surface area contributed by atoms with Crippen LogP contribution in [-0.2, 0) is 15.6 Å². The van der Waals surface area contributed by atoms with Gasteiger partial charge in [-0.1, -0.05) is 54.6 Å². The Labute approximate surface area is 128 Å². The average molecular weight is 312 g/mol. The summed E-state index contributed by atoms with van der Waals surface area (Å²) in [5.74, 6) is -1.38. The Balaban J connectivity index is 2.02. The van der Waals surface area contributed by atoms with Gasteiger partial charge in [0.1, 0.15) is 4.91 Å². The molecule has 22 heavy (non-hydrogen) atoms. The number of Topliss-reactive ketones (excluding diaryl/α,β-unsaturated/α-hetero) is 1. The van der Waals surface area contributed by atoms with Crippen LogP contribution >= 0.6 is 0 Å². The van der Waals surface area contributed by atoms with Crippen LogP contribution in [0.15, 0.2) is 65.6 Å². The fourth-order valence-electron chi connectivity index (χ4n) is 2.39. The molecule has 1 aliphatic rings. The lowest BCUT2D eigenvalue weighted by Crippen LogP contribution is -2.23. The number of hydrogen-bond acceptors (Lipinski definition) is 4. The standard InChI is InChI=1S/C17H12O4S/c18-15-10-16(17(19)14-9-5-4-8-13(14)15)22(20,21)11-12-6-2-1-3-7-12/h1-10H,11H2. The quantitative estimate of drug-likeness (QED) is 0.873. The second-order valence-electron chi connectivity index (χ2n) is 4.99. The summed E-state index contributed by atoms with van der Waals surface area (Å²) in [5, 5.41) is 0. The topological polar surface area (TPSA) is 68.3 Å². The minimum atomic E-state index is -3.87. The van der Waals surface area contributed by atoms with Crippen molar-refractivity contribution in [2.75, 3.05) is 0 Å². The highest BCUT2D eigenvalue weighted by molar-refractivity contribution is 7.95. The molecule has 3 rings (SSSR count). The Bertz CT molecular complexity index is 893. The van der Waals surface area contributed by atoms with Gasteiger partial charge in [0, 0.05) is 17.2 Å². The van der Waals surface area contributed by atoms with Crippen molar-refractivity contribution in [1.29, 1.82) is 0 Å². The maximum Gasteiger partial charge on any atom is 0.205 e. The zero-order chi connectivity index (χ0) is 15.7. The van der Waals surface area contributed by atoms with E-state index >= 15 is 0 Å². The van der Waals surface area contributed by atoms with E-state index in [4.69, 9.17) is 0 Å². The molecule has 1 aliphatic carbocycles. The molecule has 0 saturated heterocycles. The SMILES string of the molecule is O=C1C=C(S(=O)(=O)Cc2ccccc2)C(=O)c2ccccc21. The summed E-state index contributed by atoms with van der Waals surface area (Å²) < 4.78 is 25.0. The molecule has 2 aromatic rings. The minimum absolute atomic E-state index is 0.140. The molecule has 0 amide bonds. The molecule has 0 bridgehead atoms. The summed E-state index contributed by atoms with van der Waals surface area (Å²) in [6.45, 7) is 0. The highest BCUT2D eigenvalue weighted by Crippen LogP contribution is 2.26. The highest BCUT2D eigenvalue weighted by atomic mass is 32.2. The molecular formula is C17H12O4S. The van der Waals surface area contributed by atoms with Crippen molar-refractivity contribution in [3.05, 3.63) is 82.3 Å². The first kappa shape index (κ1) is 14.4. The number of carbonyl (C=O) groups excluding carboxylic acids is 2. The van der Waals surface area contributed by atoms with Gasteiger partial charge in [-0.05, 0) is 5.56 Å². The third-order valence-electron chi connectivity index (χ3n) is 3.46. The Hall–Kier alpha value is -2.53. The van der Waals surface area contributed by atoms with E-state index < -0.39 is 26.3 Å². The molecule has 0 heterocycles. The molecule has 0 N–H and O–H groups in total. The summed E-state index contributed by atoms with van der Waals surface area (Å²) in [7, 11) is -3.87. The van der Waals surface area contributed by atoms with Gasteiger partial charge in [0.25, 0.3) is 0 Å². The van der Waals surface area contributed by atoms with E-state index in [1.807, 2.05) is 0 Å². The summed E-state index contributed by atoms with van der Waals surface area (Å²) in [6.07, 6.45) is 0.933. The van der Waals surface area contributed by atoms with Gasteiger partial charge in [-0.2, -0.15) is 0 Å². The van der Waals surface area contributed by atoms with E-state index in [0.29, 0.717) is 5.56 Å². The van der Waals surface area contributed by atoms with E-state index in [1.165, 1.54) is 12.1 Å². The van der Waals surface area contributed by atoms with E-state index in [0.717, 1.165) is 6.08 Å². The van der Waals surface area contributed by atoms with Gasteiger partial charge in [-0.3, -0.25) is 9.59 Å². The summed E-state index contributed by atoms with van der Waals surface area (Å²) in [6, 6.07) is 14.8. The molecule has 2 aromatic carbocycles. The van der Waals surface area contributed by atoms with Crippen LogP contribution in [0.25, 0.3) is 0 Å². The Morgan fingerprint density at radius 1 is 0.773 bits per heavy atom. The molecular weight excluding hydrogens is 300 g/mol. The fourth-order valence-corrected chi connectivity index (χ4v) is 3.86. The van der Waals surface area contributed by atoms with Crippen LogP contribution in [0.3, 0.4) is 0 Å². The highest BCUT2D eigenvalue weighted by Gasteiger charge is 2.33. The van der Waals surface area contributed by atoms with Gasteiger partial charge in [0.2, 0.25) is 5.78 Å². The second-order valence-corrected chi connectivity index (χ2v) is 6.95. The molecule has 0 atom stereocenters. The Morgan fingerprint density at radius 2 is 1.36 bits per heavy atom. The van der Waals surface area contributed by atoms with Gasteiger partial charge in [0.15, 0.2) is 15.6 Å². The number of rotatable bonds is 3. The third kappa shape index (κ3) is 2.51. The lowest BCUT2D eigenvalue weighted by atomic mass is 9.95. The Morgan fingerprint density at radius 3 is 2.05 bits per heavy atom. The molecule has 0 fully saturated rings. The minimum Gasteiger partial charge on any atom is -0.289 e. The van der Waals surface area contributed by atoms with Crippen LogP contribution in [0, 0.1) is 0 Å². The largest absolute Gasteiger partial charge is 0.289 e. The van der Waals surface area contributed by atoms with Gasteiger partial charge in [0.05, 0.1) is 5.75 Å². The van der Waals surface area contributed by atoms with Gasteiger partial charge < -0.3 is 0 Å². The van der Waals surface area contributed by atoms with E-state index in [2.05, 4.69) is 0 Å². The fraction of sp³-hybridized carbons (Fsp3) is 0.0588. The van der Waals surface area contributed by atoms with Crippen LogP contribution in [-0.4, -0.2) is 20.0 Å². The normalized spacial score (nSPS) is 14.5. The van der Waals surface area contributed by atoms with Crippen molar-refractivity contribution in [3.63, 3.8) is 0 Å². The van der Waals surface area contributed by atoms with Crippen LogP contribution in [0.5, 0.6) is 0 Å². The van der Waals surface area contributed by atoms with Crippen LogP contribution < -0.4 is 0 Å². The number of allylic oxidation sites excluding steroid dienone is 2. The summed E-state index contributed by atoms with van der Waals surface area (Å²) in [5.41, 5.74) is 0.954. The van der Waals surface area contributed by atoms with Crippen LogP contribution in [0.4, 0.5) is 0 Å². The molecule has 0 radical (unpaired) electrons. The van der Waals surface area contributed by atoms with Crippen molar-refractivity contribution >= 4 is 21.4 Å². The lowest BCUT2D eigenvalue weighted by Gasteiger charge is -2.15. The zero-order valence-corrected chi connectivity index (χ0v) is 12.3. The van der Waals surface area contributed by atoms with Gasteiger partial charge >= 0.3 is 0 Å². The monoisotopic (exact) mass is 312 g/mol. The van der Waals surface area contributed by atoms with Crippen LogP contribution in [0.1, 0.15) is 26.3 Å². The average Bonchev–Trinajstić information content (AvgIpc) is 2.51. The smallest absolute Gasteiger partial charge is 0.205 e. The molecule has 0 aliphatic heterocycles. The van der Waals surface area contributed by atoms with Crippen molar-refractivity contribution in [3.8, 4) is 0 Å². The number of carbonyl (C=O) groups is 2. The third-order valence-corrected chi connectivity index (χ3v) is 5.14. The first-order valence-electron chi connectivity index (χ1n) is 6.65.